The zero-order valence-corrected chi connectivity index (χ0v) is 13.0. The van der Waals surface area contributed by atoms with Gasteiger partial charge in [-0.25, -0.2) is 0 Å². The fraction of sp³-hybridized carbons (Fsp3) is 0.417. The van der Waals surface area contributed by atoms with Crippen LogP contribution in [0.1, 0.15) is 12.8 Å². The van der Waals surface area contributed by atoms with Crippen molar-refractivity contribution in [3.05, 3.63) is 21.8 Å². The highest BCUT2D eigenvalue weighted by atomic mass is 79.9. The molecule has 0 amide bonds. The number of nitrogens with zero attached hydrogens (tertiary/aromatic N) is 4. The summed E-state index contributed by atoms with van der Waals surface area (Å²) in [4.78, 5) is 7.32. The molecule has 0 unspecified atom stereocenters. The lowest BCUT2D eigenvalue weighted by molar-refractivity contribution is 0.253. The van der Waals surface area contributed by atoms with E-state index in [9.17, 15) is 0 Å². The van der Waals surface area contributed by atoms with Crippen LogP contribution < -0.4 is 0 Å². The third kappa shape index (κ3) is 3.86. The predicted molar refractivity (Wildman–Crippen MR) is 76.4 cm³/mol. The number of hydrogen-bond donors (Lipinski definition) is 0. The lowest BCUT2D eigenvalue weighted by Gasteiger charge is -2.14. The Labute approximate surface area is 124 Å². The van der Waals surface area contributed by atoms with E-state index < -0.39 is 0 Å². The van der Waals surface area contributed by atoms with Crippen molar-refractivity contribution >= 4 is 27.3 Å². The van der Waals surface area contributed by atoms with Gasteiger partial charge in [0.05, 0.1) is 23.4 Å². The maximum absolute atomic E-state index is 8.77. The maximum atomic E-state index is 8.77. The largest absolute Gasteiger partial charge is 0.338 e. The molecule has 5 nitrogen and oxygen atoms in total. The molecule has 2 aromatic rings. The van der Waals surface area contributed by atoms with E-state index in [0.717, 1.165) is 9.35 Å². The van der Waals surface area contributed by atoms with Crippen molar-refractivity contribution in [2.45, 2.75) is 13.5 Å². The summed E-state index contributed by atoms with van der Waals surface area (Å²) < 4.78 is 6.23. The van der Waals surface area contributed by atoms with Crippen molar-refractivity contribution in [1.29, 1.82) is 5.26 Å². The Morgan fingerprint density at radius 3 is 3.05 bits per heavy atom. The van der Waals surface area contributed by atoms with E-state index >= 15 is 0 Å². The Kier molecular flexibility index (Phi) is 4.69. The van der Waals surface area contributed by atoms with E-state index in [1.807, 2.05) is 30.3 Å². The second-order valence-corrected chi connectivity index (χ2v) is 6.19. The molecule has 0 spiro atoms. The van der Waals surface area contributed by atoms with Crippen LogP contribution in [-0.2, 0) is 6.54 Å². The summed E-state index contributed by atoms with van der Waals surface area (Å²) in [6.45, 7) is 3.11. The summed E-state index contributed by atoms with van der Waals surface area (Å²) >= 11 is 4.96. The van der Waals surface area contributed by atoms with Gasteiger partial charge in [-0.05, 0) is 36.0 Å². The molecule has 0 fully saturated rings. The zero-order chi connectivity index (χ0) is 13.8. The van der Waals surface area contributed by atoms with Crippen LogP contribution in [0.3, 0.4) is 0 Å². The highest BCUT2D eigenvalue weighted by Crippen LogP contribution is 2.27. The Hall–Kier alpha value is -1.23. The highest BCUT2D eigenvalue weighted by molar-refractivity contribution is 9.10. The molecule has 0 radical (unpaired) electrons. The van der Waals surface area contributed by atoms with Crippen LogP contribution in [0.15, 0.2) is 20.4 Å². The van der Waals surface area contributed by atoms with Crippen LogP contribution in [0, 0.1) is 17.2 Å². The van der Waals surface area contributed by atoms with Crippen molar-refractivity contribution in [3.63, 3.8) is 0 Å². The quantitative estimate of drug-likeness (QED) is 0.836. The van der Waals surface area contributed by atoms with E-state index in [4.69, 9.17) is 9.78 Å². The lowest BCUT2D eigenvalue weighted by atomic mass is 10.2. The van der Waals surface area contributed by atoms with Crippen LogP contribution in [-0.4, -0.2) is 28.6 Å². The molecule has 0 saturated heterocycles. The standard InChI is InChI=1S/C12H13BrN4OS/c1-8(4-14)5-17(2)6-11-15-12(16-18-11)10-3-9(13)7-19-10/h3,7-8H,5-6H2,1-2H3/t8-/m0/s1. The Balaban J connectivity index is 2.00. The van der Waals surface area contributed by atoms with Gasteiger partial charge in [0, 0.05) is 16.4 Å². The maximum Gasteiger partial charge on any atom is 0.241 e. The molecule has 2 aromatic heterocycles. The Morgan fingerprint density at radius 2 is 2.42 bits per heavy atom. The molecule has 2 rings (SSSR count). The number of hydrogen-bond acceptors (Lipinski definition) is 6. The first-order chi connectivity index (χ1) is 9.08. The van der Waals surface area contributed by atoms with Gasteiger partial charge in [0.2, 0.25) is 11.7 Å². The third-order valence-corrected chi connectivity index (χ3v) is 4.15. The van der Waals surface area contributed by atoms with Gasteiger partial charge in [-0.15, -0.1) is 11.3 Å². The number of rotatable bonds is 5. The van der Waals surface area contributed by atoms with Crippen molar-refractivity contribution in [3.8, 4) is 16.8 Å². The molecule has 0 N–H and O–H groups in total. The van der Waals surface area contributed by atoms with Crippen LogP contribution in [0.25, 0.3) is 10.7 Å². The molecule has 0 aliphatic carbocycles. The van der Waals surface area contributed by atoms with Crippen molar-refractivity contribution in [2.24, 2.45) is 5.92 Å². The van der Waals surface area contributed by atoms with E-state index in [0.29, 0.717) is 24.8 Å². The minimum atomic E-state index is -0.0133. The minimum Gasteiger partial charge on any atom is -0.338 e. The van der Waals surface area contributed by atoms with Gasteiger partial charge in [0.1, 0.15) is 0 Å². The summed E-state index contributed by atoms with van der Waals surface area (Å²) in [5, 5.41) is 14.7. The first-order valence-corrected chi connectivity index (χ1v) is 7.41. The molecule has 0 aliphatic rings. The summed E-state index contributed by atoms with van der Waals surface area (Å²) in [6.07, 6.45) is 0. The van der Waals surface area contributed by atoms with E-state index in [1.165, 1.54) is 0 Å². The van der Waals surface area contributed by atoms with Crippen molar-refractivity contribution < 1.29 is 4.52 Å². The third-order valence-electron chi connectivity index (χ3n) is 2.47. The smallest absolute Gasteiger partial charge is 0.241 e. The molecule has 0 bridgehead atoms. The Morgan fingerprint density at radius 1 is 1.63 bits per heavy atom. The molecule has 19 heavy (non-hydrogen) atoms. The van der Waals surface area contributed by atoms with Gasteiger partial charge in [-0.3, -0.25) is 4.90 Å². The minimum absolute atomic E-state index is 0.0133. The van der Waals surface area contributed by atoms with Gasteiger partial charge in [-0.1, -0.05) is 5.16 Å². The predicted octanol–water partition coefficient (Wildman–Crippen LogP) is 3.15. The number of aromatic nitrogens is 2. The van der Waals surface area contributed by atoms with E-state index in [1.54, 1.807) is 11.3 Å². The Bertz CT molecular complexity index is 589. The van der Waals surface area contributed by atoms with Crippen molar-refractivity contribution in [1.82, 2.24) is 15.0 Å². The summed E-state index contributed by atoms with van der Waals surface area (Å²) in [6, 6.07) is 4.16. The van der Waals surface area contributed by atoms with Gasteiger partial charge in [-0.2, -0.15) is 10.2 Å². The molecule has 0 aromatic carbocycles. The first kappa shape index (κ1) is 14.2. The van der Waals surface area contributed by atoms with Crippen LogP contribution in [0.5, 0.6) is 0 Å². The van der Waals surface area contributed by atoms with Crippen LogP contribution in [0.4, 0.5) is 0 Å². The average molecular weight is 341 g/mol. The second kappa shape index (κ2) is 6.28. The van der Waals surface area contributed by atoms with Gasteiger partial charge in [0.25, 0.3) is 0 Å². The fourth-order valence-electron chi connectivity index (χ4n) is 1.65. The zero-order valence-electron chi connectivity index (χ0n) is 10.6. The lowest BCUT2D eigenvalue weighted by Crippen LogP contribution is -2.23. The molecular formula is C12H13BrN4OS. The molecule has 1 atom stereocenters. The van der Waals surface area contributed by atoms with Crippen LogP contribution >= 0.6 is 27.3 Å². The first-order valence-electron chi connectivity index (χ1n) is 5.73. The number of thiophene rings is 1. The topological polar surface area (TPSA) is 66.0 Å². The normalized spacial score (nSPS) is 12.6. The van der Waals surface area contributed by atoms with E-state index in [-0.39, 0.29) is 5.92 Å². The number of nitriles is 1. The SMILES string of the molecule is C[C@@H](C#N)CN(C)Cc1nc(-c2cc(Br)cs2)no1. The fourth-order valence-corrected chi connectivity index (χ4v) is 3.01. The van der Waals surface area contributed by atoms with Crippen molar-refractivity contribution in [2.75, 3.05) is 13.6 Å². The molecule has 0 saturated carbocycles. The monoisotopic (exact) mass is 340 g/mol. The number of halogens is 1. The summed E-state index contributed by atoms with van der Waals surface area (Å²) in [7, 11) is 1.93. The average Bonchev–Trinajstić information content (AvgIpc) is 2.97. The second-order valence-electron chi connectivity index (χ2n) is 4.37. The van der Waals surface area contributed by atoms with Gasteiger partial charge < -0.3 is 4.52 Å². The molecule has 2 heterocycles. The van der Waals surface area contributed by atoms with Gasteiger partial charge >= 0.3 is 0 Å². The highest BCUT2D eigenvalue weighted by Gasteiger charge is 2.13. The summed E-state index contributed by atoms with van der Waals surface area (Å²) in [5.41, 5.74) is 0. The molecular weight excluding hydrogens is 328 g/mol. The van der Waals surface area contributed by atoms with Crippen LogP contribution in [0.2, 0.25) is 0 Å². The molecule has 7 heteroatoms. The summed E-state index contributed by atoms with van der Waals surface area (Å²) in [5.74, 6) is 1.15. The van der Waals surface area contributed by atoms with Gasteiger partial charge in [0.15, 0.2) is 0 Å². The molecule has 0 aliphatic heterocycles. The van der Waals surface area contributed by atoms with E-state index in [2.05, 4.69) is 32.1 Å². The molecule has 100 valence electrons.